The van der Waals surface area contributed by atoms with Crippen molar-refractivity contribution in [1.82, 2.24) is 0 Å². The Labute approximate surface area is 117 Å². The number of ether oxygens (including phenoxy) is 1. The van der Waals surface area contributed by atoms with Gasteiger partial charge in [-0.05, 0) is 17.1 Å². The van der Waals surface area contributed by atoms with Crippen LogP contribution in [0.2, 0.25) is 0 Å². The SMILES string of the molecule is COC(=O)C1(C2(SC)SC=CS2)SCCS1. The van der Waals surface area contributed by atoms with Gasteiger partial charge in [0.05, 0.1) is 7.11 Å². The van der Waals surface area contributed by atoms with Gasteiger partial charge in [0, 0.05) is 11.5 Å². The van der Waals surface area contributed by atoms with Crippen LogP contribution in [0.3, 0.4) is 0 Å². The van der Waals surface area contributed by atoms with E-state index in [1.165, 1.54) is 7.11 Å². The minimum absolute atomic E-state index is 0.0990. The van der Waals surface area contributed by atoms with E-state index in [4.69, 9.17) is 4.74 Å². The molecule has 0 radical (unpaired) electrons. The topological polar surface area (TPSA) is 26.3 Å². The number of thioether (sulfide) groups is 5. The first kappa shape index (κ1) is 13.4. The second-order valence-corrected chi connectivity index (χ2v) is 9.99. The molecule has 16 heavy (non-hydrogen) atoms. The Morgan fingerprint density at radius 2 is 1.88 bits per heavy atom. The summed E-state index contributed by atoms with van der Waals surface area (Å²) in [4.78, 5) is 12.2. The van der Waals surface area contributed by atoms with E-state index in [9.17, 15) is 4.79 Å². The lowest BCUT2D eigenvalue weighted by molar-refractivity contribution is -0.140. The number of hydrogen-bond acceptors (Lipinski definition) is 7. The third-order valence-corrected chi connectivity index (χ3v) is 11.6. The van der Waals surface area contributed by atoms with Gasteiger partial charge in [0.25, 0.3) is 0 Å². The maximum Gasteiger partial charge on any atom is 0.335 e. The van der Waals surface area contributed by atoms with Gasteiger partial charge in [0.2, 0.25) is 0 Å². The van der Waals surface area contributed by atoms with Crippen molar-refractivity contribution in [3.8, 4) is 0 Å². The molecule has 0 atom stereocenters. The van der Waals surface area contributed by atoms with E-state index in [2.05, 4.69) is 17.1 Å². The summed E-state index contributed by atoms with van der Waals surface area (Å²) in [6.07, 6.45) is 2.07. The molecule has 0 aromatic rings. The molecule has 2 heterocycles. The monoisotopic (exact) mass is 312 g/mol. The molecule has 0 aliphatic carbocycles. The fraction of sp³-hybridized carbons (Fsp3) is 0.667. The van der Waals surface area contributed by atoms with Crippen LogP contribution >= 0.6 is 58.8 Å². The van der Waals surface area contributed by atoms with Crippen LogP contribution in [0.1, 0.15) is 0 Å². The predicted octanol–water partition coefficient (Wildman–Crippen LogP) is 3.30. The van der Waals surface area contributed by atoms with Crippen molar-refractivity contribution in [1.29, 1.82) is 0 Å². The normalized spacial score (nSPS) is 25.9. The van der Waals surface area contributed by atoms with Crippen LogP contribution in [0.25, 0.3) is 0 Å². The highest BCUT2D eigenvalue weighted by atomic mass is 32.3. The first-order chi connectivity index (χ1) is 7.71. The Balaban J connectivity index is 2.34. The number of hydrogen-bond donors (Lipinski definition) is 0. The molecule has 0 aromatic heterocycles. The maximum absolute atomic E-state index is 12.2. The molecule has 2 nitrogen and oxygen atoms in total. The quantitative estimate of drug-likeness (QED) is 0.738. The molecule has 0 aromatic carbocycles. The highest BCUT2D eigenvalue weighted by molar-refractivity contribution is 8.40. The van der Waals surface area contributed by atoms with Gasteiger partial charge in [-0.15, -0.1) is 58.8 Å². The first-order valence-corrected chi connectivity index (χ1v) is 9.58. The number of carbonyl (C=O) groups is 1. The molecule has 0 amide bonds. The third-order valence-electron chi connectivity index (χ3n) is 2.32. The minimum Gasteiger partial charge on any atom is -0.467 e. The lowest BCUT2D eigenvalue weighted by Gasteiger charge is -2.39. The Morgan fingerprint density at radius 3 is 2.31 bits per heavy atom. The Kier molecular flexibility index (Phi) is 4.44. The van der Waals surface area contributed by atoms with Crippen molar-refractivity contribution in [3.63, 3.8) is 0 Å². The first-order valence-electron chi connectivity index (χ1n) is 4.63. The van der Waals surface area contributed by atoms with Crippen molar-refractivity contribution in [2.24, 2.45) is 0 Å². The van der Waals surface area contributed by atoms with Crippen molar-refractivity contribution >= 4 is 64.8 Å². The van der Waals surface area contributed by atoms with Gasteiger partial charge in [-0.3, -0.25) is 0 Å². The molecular formula is C9H12O2S5. The highest BCUT2D eigenvalue weighted by Crippen LogP contribution is 2.68. The molecule has 0 spiro atoms. The molecule has 0 saturated carbocycles. The summed E-state index contributed by atoms with van der Waals surface area (Å²) in [7, 11) is 1.48. The van der Waals surface area contributed by atoms with Crippen LogP contribution in [0, 0.1) is 0 Å². The van der Waals surface area contributed by atoms with Gasteiger partial charge in [-0.1, -0.05) is 0 Å². The summed E-state index contributed by atoms with van der Waals surface area (Å²) in [5.74, 6) is 1.94. The van der Waals surface area contributed by atoms with Crippen LogP contribution in [-0.2, 0) is 9.53 Å². The largest absolute Gasteiger partial charge is 0.467 e. The van der Waals surface area contributed by atoms with Crippen molar-refractivity contribution in [2.45, 2.75) is 7.49 Å². The summed E-state index contributed by atoms with van der Waals surface area (Å²) in [6.45, 7) is 0. The standard InChI is InChI=1S/C9H12O2S5/c1-11-7(10)8(13-3-4-14-8)9(12-2)15-5-6-16-9/h5-6H,3-4H2,1-2H3. The summed E-state index contributed by atoms with van der Waals surface area (Å²) >= 11 is 8.66. The molecule has 1 fully saturated rings. The van der Waals surface area contributed by atoms with Crippen LogP contribution < -0.4 is 0 Å². The molecule has 7 heteroatoms. The molecule has 0 bridgehead atoms. The molecule has 2 aliphatic rings. The van der Waals surface area contributed by atoms with Crippen LogP contribution in [0.4, 0.5) is 0 Å². The van der Waals surface area contributed by atoms with E-state index in [-0.39, 0.29) is 9.38 Å². The maximum atomic E-state index is 12.2. The van der Waals surface area contributed by atoms with Crippen molar-refractivity contribution in [3.05, 3.63) is 10.8 Å². The van der Waals surface area contributed by atoms with Crippen LogP contribution in [0.5, 0.6) is 0 Å². The average molecular weight is 313 g/mol. The lowest BCUT2D eigenvalue weighted by Crippen LogP contribution is -2.46. The van der Waals surface area contributed by atoms with Gasteiger partial charge in [-0.25, -0.2) is 4.79 Å². The zero-order chi connectivity index (χ0) is 11.6. The summed E-state index contributed by atoms with van der Waals surface area (Å²) < 4.78 is 4.38. The lowest BCUT2D eigenvalue weighted by atomic mass is 10.4. The zero-order valence-corrected chi connectivity index (χ0v) is 13.0. The van der Waals surface area contributed by atoms with E-state index in [1.54, 1.807) is 58.8 Å². The van der Waals surface area contributed by atoms with E-state index in [0.29, 0.717) is 0 Å². The van der Waals surface area contributed by atoms with Crippen molar-refractivity contribution < 1.29 is 9.53 Å². The number of carbonyl (C=O) groups excluding carboxylic acids is 1. The highest BCUT2D eigenvalue weighted by Gasteiger charge is 2.62. The number of methoxy groups -OCH3 is 1. The predicted molar refractivity (Wildman–Crippen MR) is 80.2 cm³/mol. The molecule has 90 valence electrons. The van der Waals surface area contributed by atoms with Crippen LogP contribution in [0.15, 0.2) is 10.8 Å². The average Bonchev–Trinajstić information content (AvgIpc) is 2.97. The van der Waals surface area contributed by atoms with E-state index >= 15 is 0 Å². The Bertz CT molecular complexity index is 303. The summed E-state index contributed by atoms with van der Waals surface area (Å²) in [5.41, 5.74) is 0. The van der Waals surface area contributed by atoms with E-state index in [1.807, 2.05) is 0 Å². The number of esters is 1. The van der Waals surface area contributed by atoms with Gasteiger partial charge in [0.15, 0.2) is 4.08 Å². The summed E-state index contributed by atoms with van der Waals surface area (Å²) in [6, 6.07) is 0. The van der Waals surface area contributed by atoms with Gasteiger partial charge in [-0.2, -0.15) is 0 Å². The summed E-state index contributed by atoms with van der Waals surface area (Å²) in [5, 5.41) is 4.15. The van der Waals surface area contributed by atoms with Gasteiger partial charge >= 0.3 is 5.97 Å². The molecule has 0 unspecified atom stereocenters. The van der Waals surface area contributed by atoms with Crippen LogP contribution in [-0.4, -0.2) is 38.3 Å². The van der Waals surface area contributed by atoms with E-state index in [0.717, 1.165) is 11.5 Å². The molecular weight excluding hydrogens is 300 g/mol. The molecule has 2 rings (SSSR count). The second-order valence-electron chi connectivity index (χ2n) is 3.07. The second kappa shape index (κ2) is 5.30. The minimum atomic E-state index is -0.472. The Morgan fingerprint density at radius 1 is 1.31 bits per heavy atom. The third kappa shape index (κ3) is 1.92. The smallest absolute Gasteiger partial charge is 0.335 e. The Hall–Kier alpha value is 0.960. The van der Waals surface area contributed by atoms with Gasteiger partial charge < -0.3 is 4.74 Å². The number of rotatable bonds is 3. The fourth-order valence-electron chi connectivity index (χ4n) is 1.61. The fourth-order valence-corrected chi connectivity index (χ4v) is 9.87. The zero-order valence-electron chi connectivity index (χ0n) is 8.93. The van der Waals surface area contributed by atoms with E-state index < -0.39 is 4.08 Å². The molecule has 1 saturated heterocycles. The molecule has 0 N–H and O–H groups in total. The van der Waals surface area contributed by atoms with Crippen molar-refractivity contribution in [2.75, 3.05) is 24.9 Å². The van der Waals surface area contributed by atoms with Gasteiger partial charge in [0.1, 0.15) is 3.41 Å². The molecule has 2 aliphatic heterocycles.